The minimum absolute atomic E-state index is 0.0623. The van der Waals surface area contributed by atoms with E-state index in [1.165, 1.54) is 12.0 Å². The predicted octanol–water partition coefficient (Wildman–Crippen LogP) is 1.73. The molecule has 7 nitrogen and oxygen atoms in total. The fourth-order valence-corrected chi connectivity index (χ4v) is 3.03. The van der Waals surface area contributed by atoms with Gasteiger partial charge in [0.2, 0.25) is 12.0 Å². The summed E-state index contributed by atoms with van der Waals surface area (Å²) in [5.74, 6) is -0.147. The number of hydrogen-bond donors (Lipinski definition) is 0. The molecule has 0 bridgehead atoms. The van der Waals surface area contributed by atoms with Gasteiger partial charge in [-0.2, -0.15) is 0 Å². The number of carbonyl (C=O) groups excluding carboxylic acids is 3. The third kappa shape index (κ3) is 2.81. The molecule has 1 fully saturated rings. The zero-order chi connectivity index (χ0) is 17.4. The van der Waals surface area contributed by atoms with Gasteiger partial charge in [-0.05, 0) is 29.7 Å². The molecule has 1 saturated heterocycles. The zero-order valence-corrected chi connectivity index (χ0v) is 13.9. The van der Waals surface area contributed by atoms with Crippen LogP contribution in [0.15, 0.2) is 18.2 Å². The van der Waals surface area contributed by atoms with Crippen LogP contribution in [0, 0.1) is 5.92 Å². The molecule has 2 aliphatic rings. The van der Waals surface area contributed by atoms with Crippen LogP contribution in [0.5, 0.6) is 0 Å². The lowest BCUT2D eigenvalue weighted by Crippen LogP contribution is -2.30. The van der Waals surface area contributed by atoms with Gasteiger partial charge in [0.1, 0.15) is 0 Å². The highest BCUT2D eigenvalue weighted by molar-refractivity contribution is 6.02. The van der Waals surface area contributed by atoms with Gasteiger partial charge in [-0.15, -0.1) is 0 Å². The molecule has 0 aliphatic carbocycles. The van der Waals surface area contributed by atoms with E-state index in [2.05, 4.69) is 18.6 Å². The van der Waals surface area contributed by atoms with Crippen molar-refractivity contribution in [3.63, 3.8) is 0 Å². The minimum atomic E-state index is -0.921. The highest BCUT2D eigenvalue weighted by Gasteiger charge is 2.38. The standard InChI is InChI=1S/C17H20N2O5/c1-10(2)8-19-13-5-4-12(6-11(13)7-15(19)20)18-9-14(16(21)23-3)24-17(18)22/h4-6,10,14H,7-9H2,1-3H3. The van der Waals surface area contributed by atoms with Crippen molar-refractivity contribution in [3.8, 4) is 0 Å². The first-order chi connectivity index (χ1) is 11.4. The molecule has 0 saturated carbocycles. The van der Waals surface area contributed by atoms with Crippen LogP contribution in [0.1, 0.15) is 19.4 Å². The third-order valence-corrected chi connectivity index (χ3v) is 4.13. The molecule has 24 heavy (non-hydrogen) atoms. The molecule has 0 N–H and O–H groups in total. The smallest absolute Gasteiger partial charge is 0.415 e. The highest BCUT2D eigenvalue weighted by atomic mass is 16.6. The van der Waals surface area contributed by atoms with Gasteiger partial charge in [0.05, 0.1) is 20.1 Å². The SMILES string of the molecule is COC(=O)C1CN(c2ccc3c(c2)CC(=O)N3CC(C)C)C(=O)O1. The first-order valence-corrected chi connectivity index (χ1v) is 7.90. The van der Waals surface area contributed by atoms with Crippen molar-refractivity contribution < 1.29 is 23.9 Å². The van der Waals surface area contributed by atoms with Crippen LogP contribution in [0.2, 0.25) is 0 Å². The minimum Gasteiger partial charge on any atom is -0.466 e. The highest BCUT2D eigenvalue weighted by Crippen LogP contribution is 2.34. The molecule has 1 atom stereocenters. The van der Waals surface area contributed by atoms with Gasteiger partial charge in [0.15, 0.2) is 0 Å². The van der Waals surface area contributed by atoms with Crippen molar-refractivity contribution in [3.05, 3.63) is 23.8 Å². The molecule has 0 spiro atoms. The van der Waals surface area contributed by atoms with Crippen LogP contribution >= 0.6 is 0 Å². The van der Waals surface area contributed by atoms with Gasteiger partial charge in [-0.25, -0.2) is 9.59 Å². The summed E-state index contributed by atoms with van der Waals surface area (Å²) in [5.41, 5.74) is 2.38. The van der Waals surface area contributed by atoms with Crippen molar-refractivity contribution in [2.45, 2.75) is 26.4 Å². The number of fused-ring (bicyclic) bond motifs is 1. The molecule has 2 aliphatic heterocycles. The van der Waals surface area contributed by atoms with E-state index in [0.29, 0.717) is 24.6 Å². The Hall–Kier alpha value is -2.57. The number of hydrogen-bond acceptors (Lipinski definition) is 5. The van der Waals surface area contributed by atoms with Gasteiger partial charge in [0.25, 0.3) is 0 Å². The Labute approximate surface area is 140 Å². The van der Waals surface area contributed by atoms with Gasteiger partial charge in [-0.3, -0.25) is 9.69 Å². The summed E-state index contributed by atoms with van der Waals surface area (Å²) in [6, 6.07) is 5.43. The van der Waals surface area contributed by atoms with Crippen molar-refractivity contribution in [2.24, 2.45) is 5.92 Å². The lowest BCUT2D eigenvalue weighted by Gasteiger charge is -2.20. The molecule has 2 heterocycles. The Morgan fingerprint density at radius 1 is 1.38 bits per heavy atom. The van der Waals surface area contributed by atoms with Crippen LogP contribution in [-0.4, -0.2) is 44.3 Å². The molecule has 0 radical (unpaired) electrons. The quantitative estimate of drug-likeness (QED) is 0.785. The van der Waals surface area contributed by atoms with Gasteiger partial charge in [0, 0.05) is 17.9 Å². The monoisotopic (exact) mass is 332 g/mol. The Morgan fingerprint density at radius 2 is 2.12 bits per heavy atom. The fraction of sp³-hybridized carbons (Fsp3) is 0.471. The summed E-state index contributed by atoms with van der Waals surface area (Å²) in [5, 5.41) is 0. The molecule has 7 heteroatoms. The van der Waals surface area contributed by atoms with Crippen molar-refractivity contribution in [2.75, 3.05) is 30.0 Å². The lowest BCUT2D eigenvalue weighted by atomic mass is 10.1. The number of esters is 1. The van der Waals surface area contributed by atoms with E-state index in [-0.39, 0.29) is 12.5 Å². The molecule has 0 aromatic heterocycles. The zero-order valence-electron chi connectivity index (χ0n) is 13.9. The number of rotatable bonds is 4. The Bertz CT molecular complexity index is 700. The second kappa shape index (κ2) is 6.14. The second-order valence-electron chi connectivity index (χ2n) is 6.39. The molecule has 1 aromatic rings. The van der Waals surface area contributed by atoms with E-state index in [0.717, 1.165) is 11.3 Å². The number of amides is 2. The lowest BCUT2D eigenvalue weighted by molar-refractivity contribution is -0.148. The average molecular weight is 332 g/mol. The van der Waals surface area contributed by atoms with E-state index in [1.807, 2.05) is 12.1 Å². The van der Waals surface area contributed by atoms with E-state index < -0.39 is 18.2 Å². The van der Waals surface area contributed by atoms with E-state index in [9.17, 15) is 14.4 Å². The number of anilines is 2. The molecule has 1 unspecified atom stereocenters. The van der Waals surface area contributed by atoms with Gasteiger partial charge in [-0.1, -0.05) is 13.8 Å². The number of methoxy groups -OCH3 is 1. The Morgan fingerprint density at radius 3 is 2.79 bits per heavy atom. The normalized spacial score (nSPS) is 19.8. The topological polar surface area (TPSA) is 76.2 Å². The first kappa shape index (κ1) is 16.3. The van der Waals surface area contributed by atoms with Crippen molar-refractivity contribution in [1.82, 2.24) is 0 Å². The Kier molecular flexibility index (Phi) is 4.17. The summed E-state index contributed by atoms with van der Waals surface area (Å²) in [6.45, 7) is 4.90. The fourth-order valence-electron chi connectivity index (χ4n) is 3.03. The molecular formula is C17H20N2O5. The Balaban J connectivity index is 1.83. The second-order valence-corrected chi connectivity index (χ2v) is 6.39. The summed E-state index contributed by atoms with van der Waals surface area (Å²) >= 11 is 0. The van der Waals surface area contributed by atoms with E-state index >= 15 is 0 Å². The summed E-state index contributed by atoms with van der Waals surface area (Å²) in [6.07, 6.45) is -1.19. The number of benzene rings is 1. The number of ether oxygens (including phenoxy) is 2. The average Bonchev–Trinajstić information content (AvgIpc) is 3.06. The van der Waals surface area contributed by atoms with Crippen molar-refractivity contribution >= 4 is 29.3 Å². The van der Waals surface area contributed by atoms with Crippen LogP contribution in [0.25, 0.3) is 0 Å². The van der Waals surface area contributed by atoms with Crippen LogP contribution < -0.4 is 9.80 Å². The summed E-state index contributed by atoms with van der Waals surface area (Å²) in [7, 11) is 1.25. The largest absolute Gasteiger partial charge is 0.466 e. The van der Waals surface area contributed by atoms with Crippen LogP contribution in [-0.2, 0) is 25.5 Å². The van der Waals surface area contributed by atoms with Crippen molar-refractivity contribution in [1.29, 1.82) is 0 Å². The third-order valence-electron chi connectivity index (χ3n) is 4.13. The molecular weight excluding hydrogens is 312 g/mol. The molecule has 128 valence electrons. The van der Waals surface area contributed by atoms with E-state index in [1.54, 1.807) is 11.0 Å². The van der Waals surface area contributed by atoms with E-state index in [4.69, 9.17) is 4.74 Å². The summed E-state index contributed by atoms with van der Waals surface area (Å²) < 4.78 is 9.64. The van der Waals surface area contributed by atoms with Crippen LogP contribution in [0.4, 0.5) is 16.2 Å². The maximum atomic E-state index is 12.2. The maximum absolute atomic E-state index is 12.2. The predicted molar refractivity (Wildman–Crippen MR) is 87.0 cm³/mol. The number of cyclic esters (lactones) is 1. The molecule has 1 aromatic carbocycles. The van der Waals surface area contributed by atoms with Gasteiger partial charge < -0.3 is 14.4 Å². The summed E-state index contributed by atoms with van der Waals surface area (Å²) in [4.78, 5) is 38.9. The van der Waals surface area contributed by atoms with Gasteiger partial charge >= 0.3 is 12.1 Å². The molecule has 3 rings (SSSR count). The number of nitrogens with zero attached hydrogens (tertiary/aromatic N) is 2. The maximum Gasteiger partial charge on any atom is 0.415 e. The molecule has 2 amide bonds. The first-order valence-electron chi connectivity index (χ1n) is 7.90. The number of carbonyl (C=O) groups is 3. The van der Waals surface area contributed by atoms with Crippen LogP contribution in [0.3, 0.4) is 0 Å².